The van der Waals surface area contributed by atoms with Crippen LogP contribution in [0.1, 0.15) is 5.69 Å². The molecule has 1 saturated heterocycles. The second-order valence-electron chi connectivity index (χ2n) is 2.97. The highest BCUT2D eigenvalue weighted by Gasteiger charge is 2.13. The number of nitrogen functional groups attached to an aromatic ring is 1. The second kappa shape index (κ2) is 3.99. The van der Waals surface area contributed by atoms with Crippen LogP contribution in [0.5, 0.6) is 0 Å². The topological polar surface area (TPSA) is 64.3 Å². The summed E-state index contributed by atoms with van der Waals surface area (Å²) >= 11 is 1.25. The standard InChI is InChI=1S/C7H12N4OS/c8-7-6(9-10-13-7)5-11-1-3-12-4-2-11/h1-5,8H2. The van der Waals surface area contributed by atoms with Crippen molar-refractivity contribution >= 4 is 16.5 Å². The maximum atomic E-state index is 5.69. The summed E-state index contributed by atoms with van der Waals surface area (Å²) in [6.07, 6.45) is 0. The Hall–Kier alpha value is -0.720. The maximum absolute atomic E-state index is 5.69. The number of rotatable bonds is 2. The number of ether oxygens (including phenoxy) is 1. The van der Waals surface area contributed by atoms with Crippen molar-refractivity contribution < 1.29 is 4.74 Å². The number of morpholine rings is 1. The van der Waals surface area contributed by atoms with E-state index < -0.39 is 0 Å². The number of aromatic nitrogens is 2. The highest BCUT2D eigenvalue weighted by Crippen LogP contribution is 2.15. The minimum Gasteiger partial charge on any atom is -0.388 e. The molecule has 2 heterocycles. The van der Waals surface area contributed by atoms with Crippen LogP contribution in [0, 0.1) is 0 Å². The van der Waals surface area contributed by atoms with Crippen LogP contribution >= 0.6 is 11.5 Å². The van der Waals surface area contributed by atoms with Crippen molar-refractivity contribution in [2.24, 2.45) is 0 Å². The van der Waals surface area contributed by atoms with Crippen LogP contribution in [-0.4, -0.2) is 40.8 Å². The van der Waals surface area contributed by atoms with Gasteiger partial charge in [-0.3, -0.25) is 4.90 Å². The molecule has 1 aliphatic heterocycles. The molecule has 0 amide bonds. The monoisotopic (exact) mass is 200 g/mol. The van der Waals surface area contributed by atoms with Crippen LogP contribution in [0.3, 0.4) is 0 Å². The van der Waals surface area contributed by atoms with Gasteiger partial charge in [0.05, 0.1) is 13.2 Å². The highest BCUT2D eigenvalue weighted by molar-refractivity contribution is 7.09. The van der Waals surface area contributed by atoms with Gasteiger partial charge in [0.1, 0.15) is 10.7 Å². The Kier molecular flexibility index (Phi) is 2.72. The molecule has 6 heteroatoms. The van der Waals surface area contributed by atoms with E-state index >= 15 is 0 Å². The molecular formula is C7H12N4OS. The van der Waals surface area contributed by atoms with E-state index in [4.69, 9.17) is 10.5 Å². The third-order valence-electron chi connectivity index (χ3n) is 2.06. The number of nitrogens with zero attached hydrogens (tertiary/aromatic N) is 3. The van der Waals surface area contributed by atoms with Crippen LogP contribution in [0.25, 0.3) is 0 Å². The molecule has 0 bridgehead atoms. The van der Waals surface area contributed by atoms with Crippen molar-refractivity contribution in [1.29, 1.82) is 0 Å². The number of hydrogen-bond acceptors (Lipinski definition) is 6. The molecule has 1 aromatic rings. The van der Waals surface area contributed by atoms with Gasteiger partial charge in [-0.2, -0.15) is 0 Å². The summed E-state index contributed by atoms with van der Waals surface area (Å²) < 4.78 is 9.04. The van der Waals surface area contributed by atoms with Gasteiger partial charge in [-0.15, -0.1) is 5.10 Å². The predicted octanol–water partition coefficient (Wildman–Crippen LogP) is -0.0475. The fraction of sp³-hybridized carbons (Fsp3) is 0.714. The molecule has 0 saturated carbocycles. The Morgan fingerprint density at radius 2 is 2.23 bits per heavy atom. The van der Waals surface area contributed by atoms with Crippen molar-refractivity contribution in [2.45, 2.75) is 6.54 Å². The lowest BCUT2D eigenvalue weighted by atomic mass is 10.3. The van der Waals surface area contributed by atoms with Gasteiger partial charge in [0, 0.05) is 31.2 Å². The molecule has 0 aromatic carbocycles. The van der Waals surface area contributed by atoms with E-state index in [-0.39, 0.29) is 0 Å². The fourth-order valence-corrected chi connectivity index (χ4v) is 1.73. The molecule has 13 heavy (non-hydrogen) atoms. The largest absolute Gasteiger partial charge is 0.388 e. The zero-order valence-electron chi connectivity index (χ0n) is 7.27. The van der Waals surface area contributed by atoms with E-state index in [1.165, 1.54) is 11.5 Å². The Balaban J connectivity index is 1.93. The van der Waals surface area contributed by atoms with Gasteiger partial charge in [0.15, 0.2) is 0 Å². The Labute approximate surface area is 80.7 Å². The average Bonchev–Trinajstić information content (AvgIpc) is 2.54. The van der Waals surface area contributed by atoms with Crippen LogP contribution in [0.15, 0.2) is 0 Å². The summed E-state index contributed by atoms with van der Waals surface area (Å²) in [6, 6.07) is 0. The Morgan fingerprint density at radius 3 is 2.85 bits per heavy atom. The molecule has 0 aliphatic carbocycles. The molecule has 2 N–H and O–H groups in total. The van der Waals surface area contributed by atoms with Gasteiger partial charge in [-0.1, -0.05) is 4.49 Å². The first-order valence-electron chi connectivity index (χ1n) is 4.23. The molecular weight excluding hydrogens is 188 g/mol. The van der Waals surface area contributed by atoms with Crippen molar-refractivity contribution in [3.8, 4) is 0 Å². The number of anilines is 1. The van der Waals surface area contributed by atoms with Crippen LogP contribution in [0.2, 0.25) is 0 Å². The first kappa shape index (κ1) is 8.86. The lowest BCUT2D eigenvalue weighted by Gasteiger charge is -2.25. The van der Waals surface area contributed by atoms with Gasteiger partial charge in [-0.05, 0) is 0 Å². The van der Waals surface area contributed by atoms with E-state index in [1.807, 2.05) is 0 Å². The molecule has 5 nitrogen and oxygen atoms in total. The van der Waals surface area contributed by atoms with Crippen LogP contribution < -0.4 is 5.73 Å². The van der Waals surface area contributed by atoms with E-state index in [1.54, 1.807) is 0 Å². The summed E-state index contributed by atoms with van der Waals surface area (Å²) in [5.41, 5.74) is 6.59. The van der Waals surface area contributed by atoms with Crippen molar-refractivity contribution in [1.82, 2.24) is 14.5 Å². The van der Waals surface area contributed by atoms with Gasteiger partial charge >= 0.3 is 0 Å². The average molecular weight is 200 g/mol. The number of nitrogens with two attached hydrogens (primary N) is 1. The third-order valence-corrected chi connectivity index (χ3v) is 2.66. The fourth-order valence-electron chi connectivity index (χ4n) is 1.30. The van der Waals surface area contributed by atoms with E-state index in [0.717, 1.165) is 43.5 Å². The zero-order valence-corrected chi connectivity index (χ0v) is 8.09. The molecule has 0 spiro atoms. The highest BCUT2D eigenvalue weighted by atomic mass is 32.1. The van der Waals surface area contributed by atoms with E-state index in [0.29, 0.717) is 0 Å². The Morgan fingerprint density at radius 1 is 1.46 bits per heavy atom. The molecule has 0 atom stereocenters. The summed E-state index contributed by atoms with van der Waals surface area (Å²) in [4.78, 5) is 2.27. The van der Waals surface area contributed by atoms with E-state index in [2.05, 4.69) is 14.5 Å². The SMILES string of the molecule is Nc1snnc1CN1CCOCC1. The van der Waals surface area contributed by atoms with Crippen molar-refractivity contribution in [3.63, 3.8) is 0 Å². The maximum Gasteiger partial charge on any atom is 0.132 e. The first-order valence-corrected chi connectivity index (χ1v) is 5.00. The molecule has 0 radical (unpaired) electrons. The molecule has 1 fully saturated rings. The summed E-state index contributed by atoms with van der Waals surface area (Å²) in [5.74, 6) is 0. The van der Waals surface area contributed by atoms with Crippen LogP contribution in [-0.2, 0) is 11.3 Å². The molecule has 0 unspecified atom stereocenters. The lowest BCUT2D eigenvalue weighted by molar-refractivity contribution is 0.0337. The van der Waals surface area contributed by atoms with Gasteiger partial charge in [-0.25, -0.2) is 0 Å². The minimum atomic E-state index is 0.728. The van der Waals surface area contributed by atoms with Crippen molar-refractivity contribution in [3.05, 3.63) is 5.69 Å². The molecule has 1 aromatic heterocycles. The molecule has 1 aliphatic rings. The lowest BCUT2D eigenvalue weighted by Crippen LogP contribution is -2.35. The minimum absolute atomic E-state index is 0.728. The predicted molar refractivity (Wildman–Crippen MR) is 50.4 cm³/mol. The van der Waals surface area contributed by atoms with Gasteiger partial charge in [0.25, 0.3) is 0 Å². The quantitative estimate of drug-likeness (QED) is 0.725. The van der Waals surface area contributed by atoms with E-state index in [9.17, 15) is 0 Å². The smallest absolute Gasteiger partial charge is 0.132 e. The molecule has 72 valence electrons. The summed E-state index contributed by atoms with van der Waals surface area (Å²) in [7, 11) is 0. The normalized spacial score (nSPS) is 19.1. The molecule has 2 rings (SSSR count). The summed E-state index contributed by atoms with van der Waals surface area (Å²) in [5, 5.41) is 4.70. The van der Waals surface area contributed by atoms with Gasteiger partial charge in [0.2, 0.25) is 0 Å². The van der Waals surface area contributed by atoms with Crippen LogP contribution in [0.4, 0.5) is 5.00 Å². The van der Waals surface area contributed by atoms with Crippen molar-refractivity contribution in [2.75, 3.05) is 32.0 Å². The third kappa shape index (κ3) is 2.15. The van der Waals surface area contributed by atoms with Gasteiger partial charge < -0.3 is 10.5 Å². The summed E-state index contributed by atoms with van der Waals surface area (Å²) in [6.45, 7) is 4.31. The zero-order chi connectivity index (χ0) is 9.10. The second-order valence-corrected chi connectivity index (χ2v) is 3.76. The Bertz CT molecular complexity index is 271. The first-order chi connectivity index (χ1) is 6.36. The number of hydrogen-bond donors (Lipinski definition) is 1.